The van der Waals surface area contributed by atoms with Crippen molar-refractivity contribution in [1.29, 1.82) is 0 Å². The van der Waals surface area contributed by atoms with Crippen molar-refractivity contribution in [2.24, 2.45) is 5.92 Å². The van der Waals surface area contributed by atoms with E-state index in [9.17, 15) is 4.79 Å². The molecular formula is C10H13BrN2OS. The summed E-state index contributed by atoms with van der Waals surface area (Å²) < 4.78 is 0. The topological polar surface area (TPSA) is 33.2 Å². The van der Waals surface area contributed by atoms with E-state index >= 15 is 0 Å². The molecule has 0 N–H and O–H groups in total. The van der Waals surface area contributed by atoms with Crippen molar-refractivity contribution < 1.29 is 4.79 Å². The molecule has 5 heteroatoms. The second-order valence-corrected chi connectivity index (χ2v) is 5.47. The van der Waals surface area contributed by atoms with Gasteiger partial charge in [-0.3, -0.25) is 4.79 Å². The average Bonchev–Trinajstić information content (AvgIpc) is 2.75. The van der Waals surface area contributed by atoms with E-state index in [1.165, 1.54) is 0 Å². The van der Waals surface area contributed by atoms with Gasteiger partial charge in [0.1, 0.15) is 5.01 Å². The van der Waals surface area contributed by atoms with Gasteiger partial charge in [-0.15, -0.1) is 11.3 Å². The number of carbonyl (C=O) groups excluding carboxylic acids is 1. The van der Waals surface area contributed by atoms with E-state index in [2.05, 4.69) is 20.9 Å². The van der Waals surface area contributed by atoms with Crippen molar-refractivity contribution in [2.75, 3.05) is 11.9 Å². The molecule has 2 rings (SSSR count). The molecule has 0 aliphatic carbocycles. The molecule has 1 amide bonds. The average molecular weight is 289 g/mol. The fraction of sp³-hybridized carbons (Fsp3) is 0.600. The summed E-state index contributed by atoms with van der Waals surface area (Å²) in [5.74, 6) is 0.728. The number of aryl methyl sites for hydroxylation is 1. The minimum atomic E-state index is 0.257. The zero-order valence-electron chi connectivity index (χ0n) is 8.57. The third-order valence-electron chi connectivity index (χ3n) is 2.51. The summed E-state index contributed by atoms with van der Waals surface area (Å²) in [6.45, 7) is 3.52. The zero-order chi connectivity index (χ0) is 10.8. The number of amides is 1. The Morgan fingerprint density at radius 1 is 1.73 bits per heavy atom. The maximum absolute atomic E-state index is 11.6. The number of rotatable bonds is 3. The summed E-state index contributed by atoms with van der Waals surface area (Å²) in [5, 5.41) is 3.97. The van der Waals surface area contributed by atoms with Crippen molar-refractivity contribution in [3.63, 3.8) is 0 Å². The van der Waals surface area contributed by atoms with Crippen molar-refractivity contribution in [2.45, 2.75) is 19.9 Å². The van der Waals surface area contributed by atoms with Gasteiger partial charge in [-0.05, 0) is 12.8 Å². The van der Waals surface area contributed by atoms with Gasteiger partial charge in [0.25, 0.3) is 0 Å². The number of carbonyl (C=O) groups is 1. The number of hydrogen-bond donors (Lipinski definition) is 0. The monoisotopic (exact) mass is 288 g/mol. The molecule has 1 aliphatic heterocycles. The van der Waals surface area contributed by atoms with Crippen LogP contribution in [0, 0.1) is 12.8 Å². The largest absolute Gasteiger partial charge is 0.336 e. The number of alkyl halides is 1. The number of aromatic nitrogens is 1. The van der Waals surface area contributed by atoms with Crippen LogP contribution in [0.25, 0.3) is 0 Å². The van der Waals surface area contributed by atoms with E-state index in [4.69, 9.17) is 0 Å². The van der Waals surface area contributed by atoms with Crippen molar-refractivity contribution in [1.82, 2.24) is 9.88 Å². The Hall–Kier alpha value is -0.420. The number of thiazole rings is 1. The Morgan fingerprint density at radius 2 is 2.53 bits per heavy atom. The molecule has 1 aliphatic rings. The summed E-state index contributed by atoms with van der Waals surface area (Å²) in [7, 11) is 0. The normalized spacial score (nSPS) is 21.3. The Balaban J connectivity index is 1.98. The van der Waals surface area contributed by atoms with Gasteiger partial charge in [0.15, 0.2) is 0 Å². The molecule has 1 aromatic heterocycles. The van der Waals surface area contributed by atoms with Crippen LogP contribution in [-0.4, -0.2) is 27.7 Å². The van der Waals surface area contributed by atoms with Gasteiger partial charge in [-0.2, -0.15) is 0 Å². The lowest BCUT2D eigenvalue weighted by atomic mass is 10.2. The van der Waals surface area contributed by atoms with E-state index in [1.807, 2.05) is 17.2 Å². The molecule has 0 saturated carbocycles. The van der Waals surface area contributed by atoms with E-state index < -0.39 is 0 Å². The molecule has 1 aromatic rings. The highest BCUT2D eigenvalue weighted by Gasteiger charge is 2.29. The maximum Gasteiger partial charge on any atom is 0.223 e. The molecule has 1 saturated heterocycles. The van der Waals surface area contributed by atoms with Crippen molar-refractivity contribution in [3.8, 4) is 0 Å². The fourth-order valence-electron chi connectivity index (χ4n) is 1.75. The highest BCUT2D eigenvalue weighted by molar-refractivity contribution is 9.09. The smallest absolute Gasteiger partial charge is 0.223 e. The zero-order valence-corrected chi connectivity index (χ0v) is 11.0. The lowest BCUT2D eigenvalue weighted by Crippen LogP contribution is -2.24. The van der Waals surface area contributed by atoms with Gasteiger partial charge in [0.05, 0.1) is 6.54 Å². The molecule has 1 fully saturated rings. The predicted molar refractivity (Wildman–Crippen MR) is 64.2 cm³/mol. The number of hydrogen-bond acceptors (Lipinski definition) is 3. The molecule has 3 nitrogen and oxygen atoms in total. The maximum atomic E-state index is 11.6. The summed E-state index contributed by atoms with van der Waals surface area (Å²) in [5.41, 5.74) is 1.04. The first-order valence-corrected chi connectivity index (χ1v) is 6.94. The van der Waals surface area contributed by atoms with E-state index in [0.717, 1.165) is 22.6 Å². The van der Waals surface area contributed by atoms with Gasteiger partial charge in [0, 0.05) is 29.4 Å². The lowest BCUT2D eigenvalue weighted by Gasteiger charge is -2.14. The van der Waals surface area contributed by atoms with Crippen LogP contribution < -0.4 is 0 Å². The quantitative estimate of drug-likeness (QED) is 0.799. The second-order valence-electron chi connectivity index (χ2n) is 3.88. The van der Waals surface area contributed by atoms with Crippen LogP contribution in [0.5, 0.6) is 0 Å². The Labute approximate surface area is 102 Å². The molecule has 0 bridgehead atoms. The molecule has 1 unspecified atom stereocenters. The standard InChI is InChI=1S/C10H13BrN2OS/c1-7-6-15-9(12-7)5-13-4-8(3-11)2-10(13)14/h6,8H,2-5H2,1H3. The van der Waals surface area contributed by atoms with E-state index in [-0.39, 0.29) is 5.91 Å². The molecular weight excluding hydrogens is 276 g/mol. The van der Waals surface area contributed by atoms with Crippen LogP contribution in [0.15, 0.2) is 5.38 Å². The SMILES string of the molecule is Cc1csc(CN2CC(CBr)CC2=O)n1. The van der Waals surface area contributed by atoms with Crippen LogP contribution in [0.2, 0.25) is 0 Å². The molecule has 0 spiro atoms. The minimum Gasteiger partial charge on any atom is -0.336 e. The van der Waals surface area contributed by atoms with Crippen molar-refractivity contribution >= 4 is 33.2 Å². The Kier molecular flexibility index (Phi) is 3.41. The summed E-state index contributed by atoms with van der Waals surface area (Å²) in [4.78, 5) is 17.9. The number of nitrogens with zero attached hydrogens (tertiary/aromatic N) is 2. The van der Waals surface area contributed by atoms with Gasteiger partial charge in [-0.25, -0.2) is 4.98 Å². The highest BCUT2D eigenvalue weighted by atomic mass is 79.9. The lowest BCUT2D eigenvalue weighted by molar-refractivity contribution is -0.128. The highest BCUT2D eigenvalue weighted by Crippen LogP contribution is 2.22. The molecule has 82 valence electrons. The van der Waals surface area contributed by atoms with E-state index in [0.29, 0.717) is 18.9 Å². The second kappa shape index (κ2) is 4.61. The van der Waals surface area contributed by atoms with Crippen LogP contribution in [0.4, 0.5) is 0 Å². The number of halogens is 1. The predicted octanol–water partition coefficient (Wildman–Crippen LogP) is 2.19. The molecule has 15 heavy (non-hydrogen) atoms. The van der Waals surface area contributed by atoms with Crippen molar-refractivity contribution in [3.05, 3.63) is 16.1 Å². The van der Waals surface area contributed by atoms with Gasteiger partial charge in [-0.1, -0.05) is 15.9 Å². The molecule has 0 aromatic carbocycles. The minimum absolute atomic E-state index is 0.257. The first-order chi connectivity index (χ1) is 7.19. The van der Waals surface area contributed by atoms with Crippen LogP contribution in [0.3, 0.4) is 0 Å². The first-order valence-electron chi connectivity index (χ1n) is 4.94. The Bertz CT molecular complexity index is 366. The Morgan fingerprint density at radius 3 is 3.07 bits per heavy atom. The van der Waals surface area contributed by atoms with Gasteiger partial charge in [0.2, 0.25) is 5.91 Å². The summed E-state index contributed by atoms with van der Waals surface area (Å²) in [6.07, 6.45) is 0.676. The number of likely N-dealkylation sites (tertiary alicyclic amines) is 1. The fourth-order valence-corrected chi connectivity index (χ4v) is 2.97. The molecule has 0 radical (unpaired) electrons. The van der Waals surface area contributed by atoms with Gasteiger partial charge >= 0.3 is 0 Å². The van der Waals surface area contributed by atoms with Crippen LogP contribution in [0.1, 0.15) is 17.1 Å². The van der Waals surface area contributed by atoms with Crippen LogP contribution in [-0.2, 0) is 11.3 Å². The summed E-state index contributed by atoms with van der Waals surface area (Å²) >= 11 is 5.06. The summed E-state index contributed by atoms with van der Waals surface area (Å²) in [6, 6.07) is 0. The first kappa shape index (κ1) is 11.1. The third kappa shape index (κ3) is 2.58. The third-order valence-corrected chi connectivity index (χ3v) is 4.37. The van der Waals surface area contributed by atoms with E-state index in [1.54, 1.807) is 11.3 Å². The molecule has 1 atom stereocenters. The molecule has 2 heterocycles. The van der Waals surface area contributed by atoms with Crippen LogP contribution >= 0.6 is 27.3 Å². The van der Waals surface area contributed by atoms with Gasteiger partial charge < -0.3 is 4.90 Å².